The van der Waals surface area contributed by atoms with Gasteiger partial charge in [-0.3, -0.25) is 4.79 Å². The lowest BCUT2D eigenvalue weighted by Gasteiger charge is -2.07. The Kier molecular flexibility index (Phi) is 4.01. The van der Waals surface area contributed by atoms with Crippen molar-refractivity contribution in [1.82, 2.24) is 0 Å². The number of aryl methyl sites for hydroxylation is 2. The number of methoxy groups -OCH3 is 1. The second-order valence-corrected chi connectivity index (χ2v) is 5.72. The van der Waals surface area contributed by atoms with E-state index < -0.39 is 0 Å². The van der Waals surface area contributed by atoms with Gasteiger partial charge in [0.25, 0.3) is 5.91 Å². The molecule has 3 rings (SSSR count). The molecular weight excluding hydrogens is 314 g/mol. The fraction of sp³-hybridized carbons (Fsp3) is 0.167. The van der Waals surface area contributed by atoms with E-state index in [9.17, 15) is 4.79 Å². The summed E-state index contributed by atoms with van der Waals surface area (Å²) in [5.41, 5.74) is 2.74. The maximum atomic E-state index is 12.7. The Hall–Kier alpha value is -2.46. The number of ether oxygens (including phenoxy) is 1. The molecule has 1 aromatic heterocycles. The van der Waals surface area contributed by atoms with Gasteiger partial charge in [0.05, 0.1) is 12.7 Å². The van der Waals surface area contributed by atoms with Gasteiger partial charge in [-0.15, -0.1) is 0 Å². The van der Waals surface area contributed by atoms with E-state index in [1.165, 1.54) is 0 Å². The molecule has 0 aliphatic rings. The molecule has 0 atom stereocenters. The van der Waals surface area contributed by atoms with Crippen molar-refractivity contribution in [1.29, 1.82) is 0 Å². The molecule has 1 amide bonds. The number of furan rings is 1. The van der Waals surface area contributed by atoms with Crippen molar-refractivity contribution >= 4 is 34.2 Å². The maximum absolute atomic E-state index is 12.7. The summed E-state index contributed by atoms with van der Waals surface area (Å²) in [5.74, 6) is 0.990. The summed E-state index contributed by atoms with van der Waals surface area (Å²) >= 11 is 6.10. The maximum Gasteiger partial charge on any atom is 0.259 e. The minimum atomic E-state index is -0.241. The molecule has 4 nitrogen and oxygen atoms in total. The van der Waals surface area contributed by atoms with Gasteiger partial charge in [0.15, 0.2) is 0 Å². The van der Waals surface area contributed by atoms with Gasteiger partial charge in [-0.2, -0.15) is 0 Å². The van der Waals surface area contributed by atoms with Crippen molar-refractivity contribution in [3.63, 3.8) is 0 Å². The normalized spacial score (nSPS) is 10.8. The third-order valence-electron chi connectivity index (χ3n) is 3.73. The van der Waals surface area contributed by atoms with E-state index in [1.807, 2.05) is 19.1 Å². The Bertz CT molecular complexity index is 899. The number of hydrogen-bond donors (Lipinski definition) is 1. The van der Waals surface area contributed by atoms with E-state index in [2.05, 4.69) is 5.32 Å². The van der Waals surface area contributed by atoms with Gasteiger partial charge in [-0.25, -0.2) is 0 Å². The van der Waals surface area contributed by atoms with Crippen LogP contribution in [0, 0.1) is 13.8 Å². The lowest BCUT2D eigenvalue weighted by Crippen LogP contribution is -2.12. The predicted octanol–water partition coefficient (Wildman–Crippen LogP) is 4.96. The summed E-state index contributed by atoms with van der Waals surface area (Å²) in [4.78, 5) is 12.7. The van der Waals surface area contributed by atoms with Crippen molar-refractivity contribution in [3.05, 3.63) is 58.3 Å². The quantitative estimate of drug-likeness (QED) is 0.738. The molecule has 23 heavy (non-hydrogen) atoms. The second-order valence-electron chi connectivity index (χ2n) is 5.31. The molecule has 1 heterocycles. The summed E-state index contributed by atoms with van der Waals surface area (Å²) < 4.78 is 10.9. The molecule has 1 N–H and O–H groups in total. The Morgan fingerprint density at radius 2 is 1.96 bits per heavy atom. The van der Waals surface area contributed by atoms with Crippen molar-refractivity contribution < 1.29 is 13.9 Å². The summed E-state index contributed by atoms with van der Waals surface area (Å²) in [6.07, 6.45) is 0. The number of fused-ring (bicyclic) bond motifs is 1. The van der Waals surface area contributed by atoms with E-state index >= 15 is 0 Å². The Balaban J connectivity index is 1.99. The second kappa shape index (κ2) is 5.97. The lowest BCUT2D eigenvalue weighted by atomic mass is 10.1. The summed E-state index contributed by atoms with van der Waals surface area (Å²) in [6, 6.07) is 10.8. The van der Waals surface area contributed by atoms with Gasteiger partial charge >= 0.3 is 0 Å². The highest BCUT2D eigenvalue weighted by Crippen LogP contribution is 2.30. The molecular formula is C18H16ClNO3. The molecule has 0 bridgehead atoms. The highest BCUT2D eigenvalue weighted by Gasteiger charge is 2.19. The van der Waals surface area contributed by atoms with E-state index in [4.69, 9.17) is 20.8 Å². The van der Waals surface area contributed by atoms with Crippen LogP contribution in [0.3, 0.4) is 0 Å². The molecule has 0 unspecified atom stereocenters. The SMILES string of the molecule is COc1ccc2oc(C)c(C(=O)Nc3ccc(C)c(Cl)c3)c2c1. The number of carbonyl (C=O) groups is 1. The predicted molar refractivity (Wildman–Crippen MR) is 91.6 cm³/mol. The topological polar surface area (TPSA) is 51.5 Å². The minimum Gasteiger partial charge on any atom is -0.497 e. The smallest absolute Gasteiger partial charge is 0.259 e. The number of anilines is 1. The highest BCUT2D eigenvalue weighted by atomic mass is 35.5. The number of carbonyl (C=O) groups excluding carboxylic acids is 1. The van der Waals surface area contributed by atoms with Crippen LogP contribution in [0.1, 0.15) is 21.7 Å². The number of hydrogen-bond acceptors (Lipinski definition) is 3. The van der Waals surface area contributed by atoms with Crippen LogP contribution in [-0.4, -0.2) is 13.0 Å². The number of nitrogens with one attached hydrogen (secondary N) is 1. The monoisotopic (exact) mass is 329 g/mol. The van der Waals surface area contributed by atoms with Gasteiger partial charge in [-0.1, -0.05) is 17.7 Å². The van der Waals surface area contributed by atoms with Crippen molar-refractivity contribution in [3.8, 4) is 5.75 Å². The van der Waals surface area contributed by atoms with E-state index in [0.29, 0.717) is 33.4 Å². The van der Waals surface area contributed by atoms with E-state index in [1.54, 1.807) is 38.3 Å². The minimum absolute atomic E-state index is 0.241. The molecule has 0 radical (unpaired) electrons. The highest BCUT2D eigenvalue weighted by molar-refractivity contribution is 6.31. The average molecular weight is 330 g/mol. The first kappa shape index (κ1) is 15.4. The van der Waals surface area contributed by atoms with E-state index in [0.717, 1.165) is 10.9 Å². The van der Waals surface area contributed by atoms with Gasteiger partial charge < -0.3 is 14.5 Å². The molecule has 0 spiro atoms. The fourth-order valence-corrected chi connectivity index (χ4v) is 2.65. The van der Waals surface area contributed by atoms with Gasteiger partial charge in [0, 0.05) is 16.1 Å². The molecule has 118 valence electrons. The third kappa shape index (κ3) is 2.90. The summed E-state index contributed by atoms with van der Waals surface area (Å²) in [7, 11) is 1.59. The first-order valence-corrected chi connectivity index (χ1v) is 7.52. The van der Waals surface area contributed by atoms with Crippen LogP contribution in [0.4, 0.5) is 5.69 Å². The third-order valence-corrected chi connectivity index (χ3v) is 4.14. The van der Waals surface area contributed by atoms with Crippen molar-refractivity contribution in [2.45, 2.75) is 13.8 Å². The molecule has 0 fully saturated rings. The zero-order valence-corrected chi connectivity index (χ0v) is 13.8. The van der Waals surface area contributed by atoms with Crippen LogP contribution < -0.4 is 10.1 Å². The average Bonchev–Trinajstić information content (AvgIpc) is 2.85. The molecule has 0 saturated heterocycles. The first-order chi connectivity index (χ1) is 11.0. The number of halogens is 1. The van der Waals surface area contributed by atoms with Gasteiger partial charge in [0.1, 0.15) is 17.1 Å². The fourth-order valence-electron chi connectivity index (χ4n) is 2.47. The zero-order valence-electron chi connectivity index (χ0n) is 13.1. The van der Waals surface area contributed by atoms with Crippen LogP contribution in [0.5, 0.6) is 5.75 Å². The molecule has 0 aliphatic heterocycles. The summed E-state index contributed by atoms with van der Waals surface area (Å²) in [6.45, 7) is 3.68. The largest absolute Gasteiger partial charge is 0.497 e. The van der Waals surface area contributed by atoms with Gasteiger partial charge in [-0.05, 0) is 49.7 Å². The summed E-state index contributed by atoms with van der Waals surface area (Å²) in [5, 5.41) is 4.19. The van der Waals surface area contributed by atoms with Crippen LogP contribution >= 0.6 is 11.6 Å². The number of benzene rings is 2. The molecule has 0 saturated carbocycles. The number of rotatable bonds is 3. The molecule has 5 heteroatoms. The zero-order chi connectivity index (χ0) is 16.6. The van der Waals surface area contributed by atoms with Crippen LogP contribution in [-0.2, 0) is 0 Å². The Morgan fingerprint density at radius 1 is 1.17 bits per heavy atom. The lowest BCUT2D eigenvalue weighted by molar-refractivity contribution is 0.102. The molecule has 3 aromatic rings. The van der Waals surface area contributed by atoms with E-state index in [-0.39, 0.29) is 5.91 Å². The molecule has 2 aromatic carbocycles. The first-order valence-electron chi connectivity index (χ1n) is 7.14. The van der Waals surface area contributed by atoms with Crippen molar-refractivity contribution in [2.75, 3.05) is 12.4 Å². The van der Waals surface area contributed by atoms with Crippen molar-refractivity contribution in [2.24, 2.45) is 0 Å². The molecule has 0 aliphatic carbocycles. The number of amides is 1. The standard InChI is InChI=1S/C18H16ClNO3/c1-10-4-5-12(8-15(10)19)20-18(21)17-11(2)23-16-7-6-13(22-3)9-14(16)17/h4-9H,1-3H3,(H,20,21). The van der Waals surface area contributed by atoms with Gasteiger partial charge in [0.2, 0.25) is 0 Å². The van der Waals surface area contributed by atoms with Crippen LogP contribution in [0.25, 0.3) is 11.0 Å². The van der Waals surface area contributed by atoms with Crippen LogP contribution in [0.2, 0.25) is 5.02 Å². The van der Waals surface area contributed by atoms with Crippen LogP contribution in [0.15, 0.2) is 40.8 Å². The Morgan fingerprint density at radius 3 is 2.65 bits per heavy atom. The Labute approximate surface area is 139 Å².